The van der Waals surface area contributed by atoms with E-state index in [1.165, 1.54) is 0 Å². The highest BCUT2D eigenvalue weighted by molar-refractivity contribution is 7.99. The number of benzene rings is 2. The molecule has 0 bridgehead atoms. The molecule has 0 saturated heterocycles. The molecule has 0 saturated carbocycles. The number of hydrogen-bond donors (Lipinski definition) is 0. The van der Waals surface area contributed by atoms with Crippen LogP contribution in [0.3, 0.4) is 0 Å². The molecular weight excluding hydrogens is 384 g/mol. The van der Waals surface area contributed by atoms with Crippen LogP contribution in [0.4, 0.5) is 0 Å². The number of thioether (sulfide) groups is 1. The van der Waals surface area contributed by atoms with Crippen LogP contribution in [0, 0.1) is 0 Å². The maximum Gasteiger partial charge on any atom is 0.128 e. The van der Waals surface area contributed by atoms with Crippen molar-refractivity contribution in [2.24, 2.45) is 0 Å². The third-order valence-corrected chi connectivity index (χ3v) is 5.92. The van der Waals surface area contributed by atoms with E-state index in [1.807, 2.05) is 54.6 Å². The molecule has 4 rings (SSSR count). The summed E-state index contributed by atoms with van der Waals surface area (Å²) in [5.41, 5.74) is 2.27. The Balaban J connectivity index is 1.53. The van der Waals surface area contributed by atoms with Gasteiger partial charge in [-0.2, -0.15) is 0 Å². The molecule has 0 atom stereocenters. The van der Waals surface area contributed by atoms with Gasteiger partial charge in [0.05, 0.1) is 12.0 Å². The molecule has 0 N–H and O–H groups in total. The van der Waals surface area contributed by atoms with Gasteiger partial charge < -0.3 is 4.74 Å². The summed E-state index contributed by atoms with van der Waals surface area (Å²) < 4.78 is 5.77. The Morgan fingerprint density at radius 3 is 2.62 bits per heavy atom. The third kappa shape index (κ3) is 3.85. The highest BCUT2D eigenvalue weighted by Crippen LogP contribution is 2.38. The Kier molecular flexibility index (Phi) is 5.39. The number of thiophene rings is 1. The zero-order valence-corrected chi connectivity index (χ0v) is 16.2. The average molecular weight is 399 g/mol. The summed E-state index contributed by atoms with van der Waals surface area (Å²) in [6.45, 7) is 0.626. The van der Waals surface area contributed by atoms with Crippen molar-refractivity contribution in [3.05, 3.63) is 71.3 Å². The fourth-order valence-corrected chi connectivity index (χ4v) is 4.55. The van der Waals surface area contributed by atoms with Crippen LogP contribution in [-0.2, 0) is 0 Å². The van der Waals surface area contributed by atoms with Crippen molar-refractivity contribution in [1.82, 2.24) is 9.97 Å². The zero-order chi connectivity index (χ0) is 17.8. The van der Waals surface area contributed by atoms with Crippen molar-refractivity contribution >= 4 is 44.9 Å². The van der Waals surface area contributed by atoms with E-state index in [9.17, 15) is 0 Å². The second-order valence-corrected chi connectivity index (χ2v) is 7.90. The van der Waals surface area contributed by atoms with Gasteiger partial charge in [0.15, 0.2) is 0 Å². The SMILES string of the molecule is Clc1ccc(-c2csc3ncnc(SCCOc4ccccc4)c23)cc1. The van der Waals surface area contributed by atoms with Gasteiger partial charge >= 0.3 is 0 Å². The molecule has 0 aliphatic heterocycles. The molecule has 2 heterocycles. The lowest BCUT2D eigenvalue weighted by atomic mass is 10.1. The van der Waals surface area contributed by atoms with Crippen LogP contribution in [0.25, 0.3) is 21.3 Å². The van der Waals surface area contributed by atoms with Crippen LogP contribution in [0.5, 0.6) is 5.75 Å². The number of aromatic nitrogens is 2. The standard InChI is InChI=1S/C20H15ClN2OS2/c21-15-8-6-14(7-9-15)17-12-26-20-18(17)19(22-13-23-20)25-11-10-24-16-4-2-1-3-5-16/h1-9,12-13H,10-11H2. The molecule has 0 unspecified atom stereocenters. The van der Waals surface area contributed by atoms with Gasteiger partial charge in [0.1, 0.15) is 21.9 Å². The highest BCUT2D eigenvalue weighted by Gasteiger charge is 2.13. The molecule has 2 aromatic carbocycles. The first-order chi connectivity index (χ1) is 12.8. The van der Waals surface area contributed by atoms with Crippen molar-refractivity contribution in [3.63, 3.8) is 0 Å². The summed E-state index contributed by atoms with van der Waals surface area (Å²) in [5, 5.41) is 4.95. The molecule has 130 valence electrons. The number of ether oxygens (including phenoxy) is 1. The minimum atomic E-state index is 0.626. The number of fused-ring (bicyclic) bond motifs is 1. The lowest BCUT2D eigenvalue weighted by Gasteiger charge is -2.07. The Hall–Kier alpha value is -2.08. The van der Waals surface area contributed by atoms with Crippen LogP contribution in [0.1, 0.15) is 0 Å². The van der Waals surface area contributed by atoms with E-state index in [4.69, 9.17) is 16.3 Å². The number of nitrogens with zero attached hydrogens (tertiary/aromatic N) is 2. The fourth-order valence-electron chi connectivity index (χ4n) is 2.61. The quantitative estimate of drug-likeness (QED) is 0.220. The molecule has 3 nitrogen and oxygen atoms in total. The molecule has 0 aliphatic rings. The van der Waals surface area contributed by atoms with Gasteiger partial charge in [0.2, 0.25) is 0 Å². The molecule has 6 heteroatoms. The van der Waals surface area contributed by atoms with Crippen LogP contribution in [0.15, 0.2) is 71.3 Å². The lowest BCUT2D eigenvalue weighted by molar-refractivity contribution is 0.344. The van der Waals surface area contributed by atoms with Crippen molar-refractivity contribution in [2.75, 3.05) is 12.4 Å². The Morgan fingerprint density at radius 1 is 1.00 bits per heavy atom. The first-order valence-electron chi connectivity index (χ1n) is 8.10. The Bertz CT molecular complexity index is 1000. The lowest BCUT2D eigenvalue weighted by Crippen LogP contribution is -2.00. The molecular formula is C20H15ClN2OS2. The maximum absolute atomic E-state index is 6.02. The van der Waals surface area contributed by atoms with Crippen molar-refractivity contribution in [2.45, 2.75) is 5.03 Å². The zero-order valence-electron chi connectivity index (χ0n) is 13.8. The molecule has 0 amide bonds. The van der Waals surface area contributed by atoms with Crippen molar-refractivity contribution < 1.29 is 4.74 Å². The van der Waals surface area contributed by atoms with Gasteiger partial charge in [0.25, 0.3) is 0 Å². The predicted molar refractivity (Wildman–Crippen MR) is 111 cm³/mol. The number of hydrogen-bond acceptors (Lipinski definition) is 5. The van der Waals surface area contributed by atoms with Gasteiger partial charge in [-0.3, -0.25) is 0 Å². The summed E-state index contributed by atoms with van der Waals surface area (Å²) in [4.78, 5) is 9.92. The topological polar surface area (TPSA) is 35.0 Å². The molecule has 0 fully saturated rings. The summed E-state index contributed by atoms with van der Waals surface area (Å²) in [6.07, 6.45) is 1.63. The summed E-state index contributed by atoms with van der Waals surface area (Å²) in [6, 6.07) is 17.7. The van der Waals surface area contributed by atoms with E-state index >= 15 is 0 Å². The van der Waals surface area contributed by atoms with Gasteiger partial charge in [-0.05, 0) is 29.8 Å². The van der Waals surface area contributed by atoms with Gasteiger partial charge in [-0.25, -0.2) is 9.97 Å². The summed E-state index contributed by atoms with van der Waals surface area (Å²) in [5.74, 6) is 1.70. The van der Waals surface area contributed by atoms with Crippen LogP contribution in [0.2, 0.25) is 5.02 Å². The van der Waals surface area contributed by atoms with Crippen molar-refractivity contribution in [3.8, 4) is 16.9 Å². The van der Waals surface area contributed by atoms with E-state index in [2.05, 4.69) is 15.3 Å². The van der Waals surface area contributed by atoms with E-state index in [0.29, 0.717) is 6.61 Å². The monoisotopic (exact) mass is 398 g/mol. The van der Waals surface area contributed by atoms with Crippen LogP contribution in [-0.4, -0.2) is 22.3 Å². The molecule has 0 aliphatic carbocycles. The van der Waals surface area contributed by atoms with E-state index in [1.54, 1.807) is 29.4 Å². The molecule has 26 heavy (non-hydrogen) atoms. The minimum absolute atomic E-state index is 0.626. The van der Waals surface area contributed by atoms with Gasteiger partial charge in [0, 0.05) is 21.7 Å². The van der Waals surface area contributed by atoms with E-state index in [0.717, 1.165) is 42.9 Å². The molecule has 2 aromatic heterocycles. The summed E-state index contributed by atoms with van der Waals surface area (Å²) >= 11 is 9.34. The highest BCUT2D eigenvalue weighted by atomic mass is 35.5. The third-order valence-electron chi connectivity index (χ3n) is 3.82. The average Bonchev–Trinajstić information content (AvgIpc) is 3.12. The number of rotatable bonds is 6. The summed E-state index contributed by atoms with van der Waals surface area (Å²) in [7, 11) is 0. The van der Waals surface area contributed by atoms with Gasteiger partial charge in [-0.15, -0.1) is 23.1 Å². The molecule has 0 radical (unpaired) electrons. The fraction of sp³-hybridized carbons (Fsp3) is 0.100. The second kappa shape index (κ2) is 8.08. The van der Waals surface area contributed by atoms with Gasteiger partial charge in [-0.1, -0.05) is 41.9 Å². The van der Waals surface area contributed by atoms with Crippen LogP contribution >= 0.6 is 34.7 Å². The minimum Gasteiger partial charge on any atom is -0.493 e. The van der Waals surface area contributed by atoms with E-state index < -0.39 is 0 Å². The second-order valence-electron chi connectivity index (χ2n) is 5.53. The number of para-hydroxylation sites is 1. The first kappa shape index (κ1) is 17.3. The van der Waals surface area contributed by atoms with E-state index in [-0.39, 0.29) is 0 Å². The smallest absolute Gasteiger partial charge is 0.128 e. The van der Waals surface area contributed by atoms with Crippen LogP contribution < -0.4 is 4.74 Å². The first-order valence-corrected chi connectivity index (χ1v) is 10.3. The predicted octanol–water partition coefficient (Wildman–Crippen LogP) is 6.18. The maximum atomic E-state index is 6.02. The molecule has 4 aromatic rings. The molecule has 0 spiro atoms. The Labute approximate surface area is 165 Å². The van der Waals surface area contributed by atoms with Crippen molar-refractivity contribution in [1.29, 1.82) is 0 Å². The Morgan fingerprint density at radius 2 is 1.81 bits per heavy atom. The normalized spacial score (nSPS) is 11.0. The number of halogens is 1. The largest absolute Gasteiger partial charge is 0.493 e.